The molecule has 1 atom stereocenters. The smallest absolute Gasteiger partial charge is 0.310 e. The van der Waals surface area contributed by atoms with Gasteiger partial charge in [0, 0.05) is 12.6 Å². The number of ether oxygens (including phenoxy) is 1. The first-order chi connectivity index (χ1) is 8.24. The van der Waals surface area contributed by atoms with Crippen LogP contribution in [0.2, 0.25) is 0 Å². The Morgan fingerprint density at radius 3 is 2.53 bits per heavy atom. The molecule has 3 heteroatoms. The lowest BCUT2D eigenvalue weighted by Gasteiger charge is -2.34. The number of rotatable bonds is 3. The fourth-order valence-corrected chi connectivity index (χ4v) is 3.40. The quantitative estimate of drug-likeness (QED) is 0.709. The van der Waals surface area contributed by atoms with Crippen LogP contribution < -0.4 is 0 Å². The van der Waals surface area contributed by atoms with Crippen molar-refractivity contribution in [2.45, 2.75) is 51.5 Å². The number of esters is 1. The molecule has 2 rings (SSSR count). The number of carbonyl (C=O) groups is 1. The van der Waals surface area contributed by atoms with Crippen LogP contribution in [0, 0.1) is 11.8 Å². The Hall–Kier alpha value is -0.570. The van der Waals surface area contributed by atoms with Crippen LogP contribution in [0.4, 0.5) is 0 Å². The van der Waals surface area contributed by atoms with Crippen molar-refractivity contribution in [3.8, 4) is 0 Å². The molecule has 1 saturated heterocycles. The van der Waals surface area contributed by atoms with Crippen LogP contribution in [0.5, 0.6) is 0 Å². The van der Waals surface area contributed by atoms with Crippen LogP contribution in [0.15, 0.2) is 0 Å². The van der Waals surface area contributed by atoms with Crippen LogP contribution in [0.3, 0.4) is 0 Å². The largest absolute Gasteiger partial charge is 0.469 e. The molecule has 1 heterocycles. The highest BCUT2D eigenvalue weighted by atomic mass is 16.5. The fourth-order valence-electron chi connectivity index (χ4n) is 3.40. The van der Waals surface area contributed by atoms with Crippen molar-refractivity contribution in [2.24, 2.45) is 11.8 Å². The molecule has 0 bridgehead atoms. The van der Waals surface area contributed by atoms with Gasteiger partial charge in [0.05, 0.1) is 13.0 Å². The van der Waals surface area contributed by atoms with Crippen molar-refractivity contribution in [3.05, 3.63) is 0 Å². The molecule has 0 N–H and O–H groups in total. The average Bonchev–Trinajstić information content (AvgIpc) is 2.87. The second-order valence-corrected chi connectivity index (χ2v) is 5.59. The van der Waals surface area contributed by atoms with Crippen molar-refractivity contribution in [1.29, 1.82) is 0 Å². The van der Waals surface area contributed by atoms with Gasteiger partial charge in [-0.2, -0.15) is 0 Å². The van der Waals surface area contributed by atoms with E-state index < -0.39 is 0 Å². The third-order valence-corrected chi connectivity index (χ3v) is 4.66. The lowest BCUT2D eigenvalue weighted by atomic mass is 9.84. The molecule has 0 aromatic rings. The molecule has 1 saturated carbocycles. The van der Waals surface area contributed by atoms with Crippen molar-refractivity contribution in [1.82, 2.24) is 4.90 Å². The Bertz CT molecular complexity index is 259. The van der Waals surface area contributed by atoms with Crippen LogP contribution in [-0.4, -0.2) is 37.1 Å². The summed E-state index contributed by atoms with van der Waals surface area (Å²) in [6, 6.07) is 0.729. The van der Waals surface area contributed by atoms with Gasteiger partial charge in [-0.05, 0) is 44.6 Å². The zero-order chi connectivity index (χ0) is 12.3. The van der Waals surface area contributed by atoms with Crippen LogP contribution >= 0.6 is 0 Å². The minimum atomic E-state index is -0.0188. The highest BCUT2D eigenvalue weighted by Gasteiger charge is 2.34. The Morgan fingerprint density at radius 2 is 1.94 bits per heavy atom. The molecule has 0 radical (unpaired) electrons. The highest BCUT2D eigenvalue weighted by molar-refractivity contribution is 5.72. The summed E-state index contributed by atoms with van der Waals surface area (Å²) in [5.74, 6) is 1.06. The number of carbonyl (C=O) groups excluding carboxylic acids is 1. The molecule has 1 unspecified atom stereocenters. The molecule has 1 aliphatic carbocycles. The summed E-state index contributed by atoms with van der Waals surface area (Å²) in [4.78, 5) is 14.0. The van der Waals surface area contributed by atoms with Crippen LogP contribution in [0.1, 0.15) is 45.4 Å². The maximum Gasteiger partial charge on any atom is 0.310 e. The number of hydrogen-bond donors (Lipinski definition) is 0. The summed E-state index contributed by atoms with van der Waals surface area (Å²) in [7, 11) is 1.50. The molecule has 2 fully saturated rings. The van der Waals surface area contributed by atoms with E-state index in [0.29, 0.717) is 0 Å². The SMILES string of the molecule is CCC1CCC(N2CCC(C(=O)OC)C2)CC1. The lowest BCUT2D eigenvalue weighted by molar-refractivity contribution is -0.145. The van der Waals surface area contributed by atoms with Gasteiger partial charge in [0.25, 0.3) is 0 Å². The summed E-state index contributed by atoms with van der Waals surface area (Å²) in [6.45, 7) is 4.31. The van der Waals surface area contributed by atoms with E-state index in [1.54, 1.807) is 0 Å². The first-order valence-electron chi connectivity index (χ1n) is 7.06. The lowest BCUT2D eigenvalue weighted by Crippen LogP contribution is -2.37. The van der Waals surface area contributed by atoms with Gasteiger partial charge < -0.3 is 4.74 Å². The average molecular weight is 239 g/mol. The number of likely N-dealkylation sites (tertiary alicyclic amines) is 1. The standard InChI is InChI=1S/C14H25NO2/c1-3-11-4-6-13(7-5-11)15-9-8-12(10-15)14(16)17-2/h11-13H,3-10H2,1-2H3. The van der Waals surface area contributed by atoms with Gasteiger partial charge in [0.1, 0.15) is 0 Å². The summed E-state index contributed by atoms with van der Waals surface area (Å²) in [5, 5.41) is 0. The zero-order valence-electron chi connectivity index (χ0n) is 11.2. The normalized spacial score (nSPS) is 34.8. The van der Waals surface area contributed by atoms with E-state index in [1.165, 1.54) is 39.2 Å². The Balaban J connectivity index is 1.79. The molecule has 0 amide bonds. The first-order valence-corrected chi connectivity index (χ1v) is 7.06. The van der Waals surface area contributed by atoms with Crippen molar-refractivity contribution < 1.29 is 9.53 Å². The summed E-state index contributed by atoms with van der Waals surface area (Å²) in [6.07, 6.45) is 7.72. The van der Waals surface area contributed by atoms with Crippen molar-refractivity contribution >= 4 is 5.97 Å². The van der Waals surface area contributed by atoms with Crippen molar-refractivity contribution in [3.63, 3.8) is 0 Å². The summed E-state index contributed by atoms with van der Waals surface area (Å²) in [5.41, 5.74) is 0. The second kappa shape index (κ2) is 5.85. The van der Waals surface area contributed by atoms with Gasteiger partial charge in [0.15, 0.2) is 0 Å². The monoisotopic (exact) mass is 239 g/mol. The molecule has 1 aliphatic heterocycles. The number of nitrogens with zero attached hydrogens (tertiary/aromatic N) is 1. The molecular weight excluding hydrogens is 214 g/mol. The van der Waals surface area contributed by atoms with E-state index in [9.17, 15) is 4.79 Å². The van der Waals surface area contributed by atoms with Gasteiger partial charge in [0.2, 0.25) is 0 Å². The molecule has 0 aromatic carbocycles. The predicted molar refractivity (Wildman–Crippen MR) is 67.7 cm³/mol. The topological polar surface area (TPSA) is 29.5 Å². The van der Waals surface area contributed by atoms with E-state index in [4.69, 9.17) is 4.74 Å². The van der Waals surface area contributed by atoms with Gasteiger partial charge >= 0.3 is 5.97 Å². The van der Waals surface area contributed by atoms with E-state index in [-0.39, 0.29) is 11.9 Å². The number of hydrogen-bond acceptors (Lipinski definition) is 3. The van der Waals surface area contributed by atoms with Gasteiger partial charge in [-0.15, -0.1) is 0 Å². The Labute approximate surface area is 105 Å². The molecule has 3 nitrogen and oxygen atoms in total. The predicted octanol–water partition coefficient (Wildman–Crippen LogP) is 2.45. The second-order valence-electron chi connectivity index (χ2n) is 5.59. The molecular formula is C14H25NO2. The molecule has 98 valence electrons. The zero-order valence-corrected chi connectivity index (χ0v) is 11.2. The Kier molecular flexibility index (Phi) is 4.43. The highest BCUT2D eigenvalue weighted by Crippen LogP contribution is 2.32. The van der Waals surface area contributed by atoms with E-state index in [1.807, 2.05) is 0 Å². The third kappa shape index (κ3) is 3.01. The minimum absolute atomic E-state index is 0.0188. The first kappa shape index (κ1) is 12.9. The maximum atomic E-state index is 11.5. The molecule has 0 aromatic heterocycles. The van der Waals surface area contributed by atoms with E-state index in [0.717, 1.165) is 31.5 Å². The summed E-state index contributed by atoms with van der Waals surface area (Å²) < 4.78 is 4.84. The van der Waals surface area contributed by atoms with E-state index in [2.05, 4.69) is 11.8 Å². The number of methoxy groups -OCH3 is 1. The van der Waals surface area contributed by atoms with E-state index >= 15 is 0 Å². The molecule has 2 aliphatic rings. The maximum absolute atomic E-state index is 11.5. The van der Waals surface area contributed by atoms with Crippen LogP contribution in [-0.2, 0) is 9.53 Å². The third-order valence-electron chi connectivity index (χ3n) is 4.66. The minimum Gasteiger partial charge on any atom is -0.469 e. The molecule has 17 heavy (non-hydrogen) atoms. The fraction of sp³-hybridized carbons (Fsp3) is 0.929. The van der Waals surface area contributed by atoms with Gasteiger partial charge in [-0.1, -0.05) is 13.3 Å². The van der Waals surface area contributed by atoms with Gasteiger partial charge in [-0.3, -0.25) is 9.69 Å². The molecule has 0 spiro atoms. The summed E-state index contributed by atoms with van der Waals surface area (Å²) >= 11 is 0. The Morgan fingerprint density at radius 1 is 1.24 bits per heavy atom. The van der Waals surface area contributed by atoms with Crippen LogP contribution in [0.25, 0.3) is 0 Å². The van der Waals surface area contributed by atoms with Crippen molar-refractivity contribution in [2.75, 3.05) is 20.2 Å². The van der Waals surface area contributed by atoms with Gasteiger partial charge in [-0.25, -0.2) is 0 Å².